The van der Waals surface area contributed by atoms with Crippen LogP contribution in [0.4, 0.5) is 0 Å². The molecule has 0 radical (unpaired) electrons. The molecule has 0 bridgehead atoms. The minimum Gasteiger partial charge on any atom is -0.0856 e. The van der Waals surface area contributed by atoms with Gasteiger partial charge in [0, 0.05) is 0 Å². The first-order valence-corrected chi connectivity index (χ1v) is 14.9. The molecule has 0 unspecified atom stereocenters. The summed E-state index contributed by atoms with van der Waals surface area (Å²) in [5, 5.41) is 0. The van der Waals surface area contributed by atoms with Crippen LogP contribution in [0.5, 0.6) is 0 Å². The number of unbranched alkanes of at least 4 members (excludes halogenated alkanes) is 16. The van der Waals surface area contributed by atoms with Crippen molar-refractivity contribution in [3.63, 3.8) is 0 Å². The highest BCUT2D eigenvalue weighted by atomic mass is 14.0. The zero-order valence-electron chi connectivity index (χ0n) is 23.7. The first kappa shape index (κ1) is 33.7. The summed E-state index contributed by atoms with van der Waals surface area (Å²) in [5.41, 5.74) is 3.23. The summed E-state index contributed by atoms with van der Waals surface area (Å²) in [6.45, 7) is 13.7. The number of rotatable bonds is 22. The molecular weight excluding hydrogens is 384 g/mol. The van der Waals surface area contributed by atoms with Crippen molar-refractivity contribution in [2.24, 2.45) is 0 Å². The van der Waals surface area contributed by atoms with Crippen molar-refractivity contribution >= 4 is 0 Å². The zero-order valence-corrected chi connectivity index (χ0v) is 23.7. The topological polar surface area (TPSA) is 0 Å². The van der Waals surface area contributed by atoms with E-state index in [1.165, 1.54) is 141 Å². The van der Waals surface area contributed by atoms with Crippen molar-refractivity contribution < 1.29 is 0 Å². The molecule has 0 rings (SSSR count). The van der Waals surface area contributed by atoms with E-state index >= 15 is 0 Å². The first-order chi connectivity index (χ1) is 15.6. The van der Waals surface area contributed by atoms with E-state index in [0.717, 1.165) is 0 Å². The molecule has 0 saturated carbocycles. The molecule has 0 saturated heterocycles. The van der Waals surface area contributed by atoms with Crippen molar-refractivity contribution in [3.8, 4) is 0 Å². The third-order valence-corrected chi connectivity index (χ3v) is 6.45. The van der Waals surface area contributed by atoms with Gasteiger partial charge in [-0.25, -0.2) is 0 Å². The average Bonchev–Trinajstić information content (AvgIpc) is 2.79. The van der Waals surface area contributed by atoms with Gasteiger partial charge in [-0.3, -0.25) is 0 Å². The molecule has 0 aromatic rings. The van der Waals surface area contributed by atoms with Crippen LogP contribution in [-0.2, 0) is 0 Å². The van der Waals surface area contributed by atoms with E-state index in [0.29, 0.717) is 0 Å². The van der Waals surface area contributed by atoms with Gasteiger partial charge in [-0.05, 0) is 58.8 Å². The minimum absolute atomic E-state index is 1.29. The molecule has 0 aromatic carbocycles. The van der Waals surface area contributed by atoms with Crippen LogP contribution in [0.15, 0.2) is 23.3 Å². The fourth-order valence-electron chi connectivity index (χ4n) is 4.04. The van der Waals surface area contributed by atoms with E-state index in [-0.39, 0.29) is 0 Å². The van der Waals surface area contributed by atoms with Crippen LogP contribution in [0.25, 0.3) is 0 Å². The summed E-state index contributed by atoms with van der Waals surface area (Å²) in [4.78, 5) is 0. The maximum Gasteiger partial charge on any atom is -0.0323 e. The number of hydrogen-bond donors (Lipinski definition) is 0. The number of allylic oxidation sites excluding steroid dienone is 4. The third kappa shape index (κ3) is 31.7. The van der Waals surface area contributed by atoms with E-state index in [2.05, 4.69) is 53.7 Å². The Hall–Kier alpha value is -0.520. The second kappa shape index (κ2) is 30.5. The average molecular weight is 449 g/mol. The predicted octanol–water partition coefficient (Wildman–Crippen LogP) is 12.5. The molecular formula is C32H64. The third-order valence-electron chi connectivity index (χ3n) is 6.45. The monoisotopic (exact) mass is 449 g/mol. The molecule has 192 valence electrons. The highest BCUT2D eigenvalue weighted by molar-refractivity contribution is 4.98. The van der Waals surface area contributed by atoms with Crippen LogP contribution >= 0.6 is 0 Å². The van der Waals surface area contributed by atoms with Gasteiger partial charge in [-0.1, -0.05) is 147 Å². The Balaban J connectivity index is 0. The highest BCUT2D eigenvalue weighted by Crippen LogP contribution is 2.14. The van der Waals surface area contributed by atoms with Crippen LogP contribution < -0.4 is 0 Å². The molecule has 0 aliphatic carbocycles. The molecule has 0 fully saturated rings. The van der Waals surface area contributed by atoms with Gasteiger partial charge >= 0.3 is 0 Å². The number of hydrogen-bond acceptors (Lipinski definition) is 0. The predicted molar refractivity (Wildman–Crippen MR) is 152 cm³/mol. The van der Waals surface area contributed by atoms with Crippen LogP contribution in [0.1, 0.15) is 183 Å². The van der Waals surface area contributed by atoms with Gasteiger partial charge in [0.25, 0.3) is 0 Å². The Labute approximate surface area is 206 Å². The fourth-order valence-corrected chi connectivity index (χ4v) is 4.04. The standard InChI is InChI=1S/2C16H32/c2*1-4-6-8-9-10-11-13-15-16(3)14-12-7-5-2/h15H,4-14H2,1-3H3;14H,4-13,15H2,1-3H3/b16-15+;16-14+. The summed E-state index contributed by atoms with van der Waals surface area (Å²) in [6, 6.07) is 0. The molecule has 0 heteroatoms. The van der Waals surface area contributed by atoms with Gasteiger partial charge in [0.2, 0.25) is 0 Å². The SMILES string of the molecule is CCCC/C=C(\C)CCCCCCCCC.CCCCCCCC/C=C(\C)CCCCC. The van der Waals surface area contributed by atoms with E-state index in [1.54, 1.807) is 11.1 Å². The van der Waals surface area contributed by atoms with Crippen molar-refractivity contribution in [1.29, 1.82) is 0 Å². The first-order valence-electron chi connectivity index (χ1n) is 14.9. The minimum atomic E-state index is 1.29. The van der Waals surface area contributed by atoms with Gasteiger partial charge in [-0.2, -0.15) is 0 Å². The van der Waals surface area contributed by atoms with Crippen LogP contribution in [0, 0.1) is 0 Å². The molecule has 0 amide bonds. The van der Waals surface area contributed by atoms with Crippen molar-refractivity contribution in [3.05, 3.63) is 23.3 Å². The lowest BCUT2D eigenvalue weighted by Gasteiger charge is -2.02. The van der Waals surface area contributed by atoms with Gasteiger partial charge < -0.3 is 0 Å². The summed E-state index contributed by atoms with van der Waals surface area (Å²) < 4.78 is 0. The largest absolute Gasteiger partial charge is 0.0856 e. The maximum atomic E-state index is 2.47. The molecule has 0 atom stereocenters. The molecule has 0 aromatic heterocycles. The highest BCUT2D eigenvalue weighted by Gasteiger charge is 1.93. The molecule has 0 N–H and O–H groups in total. The lowest BCUT2D eigenvalue weighted by Crippen LogP contribution is -1.82. The van der Waals surface area contributed by atoms with Crippen molar-refractivity contribution in [2.75, 3.05) is 0 Å². The Bertz CT molecular complexity index is 387. The summed E-state index contributed by atoms with van der Waals surface area (Å²) in [5.74, 6) is 0. The van der Waals surface area contributed by atoms with Crippen molar-refractivity contribution in [2.45, 2.75) is 183 Å². The van der Waals surface area contributed by atoms with Crippen molar-refractivity contribution in [1.82, 2.24) is 0 Å². The molecule has 0 heterocycles. The second-order valence-electron chi connectivity index (χ2n) is 10.1. The zero-order chi connectivity index (χ0) is 24.1. The van der Waals surface area contributed by atoms with E-state index in [4.69, 9.17) is 0 Å². The Kier molecular flexibility index (Phi) is 32.1. The van der Waals surface area contributed by atoms with Crippen LogP contribution in [-0.4, -0.2) is 0 Å². The molecule has 0 aliphatic heterocycles. The molecule has 0 aliphatic rings. The fraction of sp³-hybridized carbons (Fsp3) is 0.875. The molecule has 32 heavy (non-hydrogen) atoms. The van der Waals surface area contributed by atoms with E-state index in [1.807, 2.05) is 0 Å². The van der Waals surface area contributed by atoms with E-state index < -0.39 is 0 Å². The van der Waals surface area contributed by atoms with Gasteiger partial charge in [-0.15, -0.1) is 0 Å². The summed E-state index contributed by atoms with van der Waals surface area (Å²) in [7, 11) is 0. The van der Waals surface area contributed by atoms with Gasteiger partial charge in [0.15, 0.2) is 0 Å². The Morgan fingerprint density at radius 3 is 1.16 bits per heavy atom. The van der Waals surface area contributed by atoms with Crippen LogP contribution in [0.3, 0.4) is 0 Å². The lowest BCUT2D eigenvalue weighted by molar-refractivity contribution is 0.588. The van der Waals surface area contributed by atoms with Gasteiger partial charge in [0.05, 0.1) is 0 Å². The quantitative estimate of drug-likeness (QED) is 0.114. The summed E-state index contributed by atoms with van der Waals surface area (Å²) in [6.07, 6.45) is 35.4. The van der Waals surface area contributed by atoms with Crippen LogP contribution in [0.2, 0.25) is 0 Å². The summed E-state index contributed by atoms with van der Waals surface area (Å²) >= 11 is 0. The Morgan fingerprint density at radius 2 is 0.688 bits per heavy atom. The Morgan fingerprint density at radius 1 is 0.375 bits per heavy atom. The van der Waals surface area contributed by atoms with E-state index in [9.17, 15) is 0 Å². The normalized spacial score (nSPS) is 12.1. The maximum absolute atomic E-state index is 2.47. The smallest absolute Gasteiger partial charge is 0.0323 e. The molecule has 0 spiro atoms. The van der Waals surface area contributed by atoms with Gasteiger partial charge in [0.1, 0.15) is 0 Å². The molecule has 0 nitrogen and oxygen atoms in total. The lowest BCUT2D eigenvalue weighted by atomic mass is 10.0. The second-order valence-corrected chi connectivity index (χ2v) is 10.1.